The number of rotatable bonds is 2. The van der Waals surface area contributed by atoms with Gasteiger partial charge in [0.2, 0.25) is 0 Å². The third kappa shape index (κ3) is 2.95. The van der Waals surface area contributed by atoms with Crippen LogP contribution in [0.25, 0.3) is 0 Å². The monoisotopic (exact) mass is 242 g/mol. The van der Waals surface area contributed by atoms with E-state index in [4.69, 9.17) is 5.73 Å². The van der Waals surface area contributed by atoms with Crippen LogP contribution in [-0.4, -0.2) is 16.3 Å². The van der Waals surface area contributed by atoms with Crippen molar-refractivity contribution in [1.29, 1.82) is 0 Å². The Hall–Kier alpha value is -0.0600. The fourth-order valence-corrected chi connectivity index (χ4v) is 4.45. The average molecular weight is 242 g/mol. The van der Waals surface area contributed by atoms with Crippen LogP contribution >= 0.6 is 23.1 Å². The summed E-state index contributed by atoms with van der Waals surface area (Å²) in [5.74, 6) is 0.823. The quantitative estimate of drug-likeness (QED) is 0.866. The lowest BCUT2D eigenvalue weighted by Gasteiger charge is -2.31. The van der Waals surface area contributed by atoms with E-state index in [0.29, 0.717) is 11.3 Å². The highest BCUT2D eigenvalue weighted by Gasteiger charge is 2.27. The molecule has 2 nitrogen and oxygen atoms in total. The van der Waals surface area contributed by atoms with Gasteiger partial charge in [-0.25, -0.2) is 4.98 Å². The number of hydrogen-bond donors (Lipinski definition) is 1. The van der Waals surface area contributed by atoms with Crippen LogP contribution in [0.4, 0.5) is 0 Å². The normalized spacial score (nSPS) is 31.8. The number of aromatic nitrogens is 1. The van der Waals surface area contributed by atoms with E-state index in [1.807, 2.05) is 18.7 Å². The molecule has 0 aromatic carbocycles. The van der Waals surface area contributed by atoms with Gasteiger partial charge in [0.15, 0.2) is 0 Å². The van der Waals surface area contributed by atoms with Crippen molar-refractivity contribution in [3.63, 3.8) is 0 Å². The molecular formula is C11H18N2S2. The minimum absolute atomic E-state index is 0.357. The summed E-state index contributed by atoms with van der Waals surface area (Å²) >= 11 is 3.62. The summed E-state index contributed by atoms with van der Waals surface area (Å²) in [5.41, 5.74) is 7.28. The Morgan fingerprint density at radius 2 is 2.33 bits per heavy atom. The van der Waals surface area contributed by atoms with Crippen LogP contribution in [0.5, 0.6) is 0 Å². The second-order valence-corrected chi connectivity index (χ2v) is 6.84. The molecule has 84 valence electrons. The molecule has 0 bridgehead atoms. The van der Waals surface area contributed by atoms with E-state index in [0.717, 1.165) is 11.6 Å². The van der Waals surface area contributed by atoms with E-state index in [2.05, 4.69) is 17.3 Å². The van der Waals surface area contributed by atoms with E-state index in [9.17, 15) is 0 Å². The average Bonchev–Trinajstić information content (AvgIpc) is 2.58. The first kappa shape index (κ1) is 11.4. The van der Waals surface area contributed by atoms with Gasteiger partial charge in [-0.15, -0.1) is 11.3 Å². The second kappa shape index (κ2) is 4.85. The molecule has 0 radical (unpaired) electrons. The topological polar surface area (TPSA) is 38.9 Å². The fraction of sp³-hybridized carbons (Fsp3) is 0.727. The predicted octanol–water partition coefficient (Wildman–Crippen LogP) is 3.06. The zero-order valence-electron chi connectivity index (χ0n) is 9.27. The second-order valence-electron chi connectivity index (χ2n) is 4.49. The smallest absolute Gasteiger partial charge is 0.150 e. The maximum atomic E-state index is 6.15. The van der Waals surface area contributed by atoms with Gasteiger partial charge in [-0.2, -0.15) is 0 Å². The van der Waals surface area contributed by atoms with Crippen LogP contribution in [0.1, 0.15) is 31.9 Å². The number of aryl methyl sites for hydroxylation is 1. The zero-order chi connectivity index (χ0) is 10.8. The Kier molecular flexibility index (Phi) is 3.69. The van der Waals surface area contributed by atoms with Crippen LogP contribution in [0, 0.1) is 12.8 Å². The fourth-order valence-electron chi connectivity index (χ4n) is 2.00. The first-order chi connectivity index (χ1) is 7.15. The molecule has 1 aliphatic rings. The van der Waals surface area contributed by atoms with Crippen LogP contribution in [0.2, 0.25) is 0 Å². The Balaban J connectivity index is 1.98. The van der Waals surface area contributed by atoms with Crippen molar-refractivity contribution >= 4 is 23.1 Å². The van der Waals surface area contributed by atoms with E-state index < -0.39 is 0 Å². The first-order valence-corrected chi connectivity index (χ1v) is 7.25. The number of hydrogen-bond acceptors (Lipinski definition) is 4. The zero-order valence-corrected chi connectivity index (χ0v) is 10.9. The van der Waals surface area contributed by atoms with Crippen molar-refractivity contribution in [3.05, 3.63) is 11.1 Å². The SMILES string of the molecule is Cc1csc(SC2CC(C)CCC2N)n1. The molecule has 1 aromatic heterocycles. The highest BCUT2D eigenvalue weighted by atomic mass is 32.2. The molecular weight excluding hydrogens is 224 g/mol. The van der Waals surface area contributed by atoms with Gasteiger partial charge in [-0.3, -0.25) is 0 Å². The van der Waals surface area contributed by atoms with Gasteiger partial charge in [0.1, 0.15) is 4.34 Å². The van der Waals surface area contributed by atoms with Gasteiger partial charge >= 0.3 is 0 Å². The lowest BCUT2D eigenvalue weighted by molar-refractivity contribution is 0.357. The van der Waals surface area contributed by atoms with Crippen LogP contribution in [0.3, 0.4) is 0 Å². The highest BCUT2D eigenvalue weighted by Crippen LogP contribution is 2.36. The molecule has 0 spiro atoms. The number of thioether (sulfide) groups is 1. The van der Waals surface area contributed by atoms with Gasteiger partial charge in [-0.05, 0) is 32.1 Å². The van der Waals surface area contributed by atoms with Crippen molar-refractivity contribution < 1.29 is 0 Å². The Morgan fingerprint density at radius 3 is 3.00 bits per heavy atom. The van der Waals surface area contributed by atoms with Crippen molar-refractivity contribution in [3.8, 4) is 0 Å². The summed E-state index contributed by atoms with van der Waals surface area (Å²) in [6.07, 6.45) is 3.70. The maximum Gasteiger partial charge on any atom is 0.150 e. The van der Waals surface area contributed by atoms with Crippen molar-refractivity contribution in [2.45, 2.75) is 48.7 Å². The molecule has 0 saturated heterocycles. The molecule has 2 N–H and O–H groups in total. The largest absolute Gasteiger partial charge is 0.327 e. The first-order valence-electron chi connectivity index (χ1n) is 5.49. The standard InChI is InChI=1S/C11H18N2S2/c1-7-3-4-9(12)10(5-7)15-11-13-8(2)6-14-11/h6-7,9-10H,3-5,12H2,1-2H3. The van der Waals surface area contributed by atoms with Gasteiger partial charge in [0.25, 0.3) is 0 Å². The molecule has 4 heteroatoms. The van der Waals surface area contributed by atoms with Gasteiger partial charge in [-0.1, -0.05) is 18.7 Å². The molecule has 1 saturated carbocycles. The summed E-state index contributed by atoms with van der Waals surface area (Å²) in [5, 5.41) is 2.68. The minimum Gasteiger partial charge on any atom is -0.327 e. The number of nitrogens with zero attached hydrogens (tertiary/aromatic N) is 1. The Labute approximate surface area is 99.7 Å². The van der Waals surface area contributed by atoms with E-state index in [1.54, 1.807) is 11.3 Å². The summed E-state index contributed by atoms with van der Waals surface area (Å²) < 4.78 is 1.18. The Morgan fingerprint density at radius 1 is 1.53 bits per heavy atom. The van der Waals surface area contributed by atoms with Crippen LogP contribution in [0.15, 0.2) is 9.72 Å². The molecule has 3 unspecified atom stereocenters. The minimum atomic E-state index is 0.357. The van der Waals surface area contributed by atoms with Crippen molar-refractivity contribution in [2.75, 3.05) is 0 Å². The van der Waals surface area contributed by atoms with Gasteiger partial charge in [0, 0.05) is 22.4 Å². The third-order valence-corrected chi connectivity index (χ3v) is 5.42. The Bertz CT molecular complexity index is 324. The third-order valence-electron chi connectivity index (χ3n) is 2.96. The van der Waals surface area contributed by atoms with Crippen molar-refractivity contribution in [2.24, 2.45) is 11.7 Å². The van der Waals surface area contributed by atoms with Gasteiger partial charge in [0.05, 0.1) is 0 Å². The molecule has 1 heterocycles. The number of thiazole rings is 1. The molecule has 3 atom stereocenters. The molecule has 1 fully saturated rings. The highest BCUT2D eigenvalue weighted by molar-refractivity contribution is 8.01. The van der Waals surface area contributed by atoms with Crippen LogP contribution < -0.4 is 5.73 Å². The van der Waals surface area contributed by atoms with E-state index in [1.165, 1.54) is 23.6 Å². The summed E-state index contributed by atoms with van der Waals surface area (Å²) in [6.45, 7) is 4.37. The lowest BCUT2D eigenvalue weighted by Crippen LogP contribution is -2.37. The molecule has 0 amide bonds. The molecule has 2 rings (SSSR count). The number of nitrogens with two attached hydrogens (primary N) is 1. The van der Waals surface area contributed by atoms with Crippen LogP contribution in [-0.2, 0) is 0 Å². The van der Waals surface area contributed by atoms with E-state index >= 15 is 0 Å². The lowest BCUT2D eigenvalue weighted by atomic mass is 9.87. The molecule has 1 aromatic rings. The molecule has 0 aliphatic heterocycles. The molecule has 15 heavy (non-hydrogen) atoms. The summed E-state index contributed by atoms with van der Waals surface area (Å²) in [6, 6.07) is 0.357. The molecule has 1 aliphatic carbocycles. The summed E-state index contributed by atoms with van der Waals surface area (Å²) in [4.78, 5) is 4.49. The maximum absolute atomic E-state index is 6.15. The van der Waals surface area contributed by atoms with Crippen molar-refractivity contribution in [1.82, 2.24) is 4.98 Å². The predicted molar refractivity (Wildman–Crippen MR) is 67.5 cm³/mol. The summed E-state index contributed by atoms with van der Waals surface area (Å²) in [7, 11) is 0. The van der Waals surface area contributed by atoms with E-state index in [-0.39, 0.29) is 0 Å². The van der Waals surface area contributed by atoms with Gasteiger partial charge < -0.3 is 5.73 Å².